The topological polar surface area (TPSA) is 99.5 Å². The summed E-state index contributed by atoms with van der Waals surface area (Å²) >= 11 is 0. The molecular weight excluding hydrogens is 446 g/mol. The van der Waals surface area contributed by atoms with Crippen LogP contribution in [-0.2, 0) is 0 Å². The number of pyridine rings is 1. The normalized spacial score (nSPS) is 14.8. The Morgan fingerprint density at radius 3 is 2.60 bits per heavy atom. The van der Waals surface area contributed by atoms with Crippen LogP contribution in [0.3, 0.4) is 0 Å². The summed E-state index contributed by atoms with van der Waals surface area (Å²) in [7, 11) is 5.29. The Morgan fingerprint density at radius 2 is 1.89 bits per heavy atom. The molecule has 10 heteroatoms. The molecule has 0 fully saturated rings. The van der Waals surface area contributed by atoms with Gasteiger partial charge >= 0.3 is 0 Å². The molecular formula is C25H27N7O3. The van der Waals surface area contributed by atoms with Gasteiger partial charge in [-0.1, -0.05) is 6.07 Å². The number of nitrogens with zero attached hydrogens (tertiary/aromatic N) is 6. The van der Waals surface area contributed by atoms with E-state index in [9.17, 15) is 0 Å². The molecule has 0 spiro atoms. The fourth-order valence-corrected chi connectivity index (χ4v) is 4.17. The maximum Gasteiger partial charge on any atom is 0.229 e. The summed E-state index contributed by atoms with van der Waals surface area (Å²) in [6.07, 6.45) is 6.99. The number of ether oxygens (including phenoxy) is 3. The molecule has 1 atom stereocenters. The summed E-state index contributed by atoms with van der Waals surface area (Å²) in [5, 5.41) is 3.23. The van der Waals surface area contributed by atoms with Gasteiger partial charge in [0.05, 0.1) is 44.0 Å². The van der Waals surface area contributed by atoms with Crippen LogP contribution in [0.1, 0.15) is 22.9 Å². The second-order valence-electron chi connectivity index (χ2n) is 8.34. The molecule has 4 aromatic rings. The Hall–Kier alpha value is -4.34. The first-order valence-corrected chi connectivity index (χ1v) is 11.2. The first-order chi connectivity index (χ1) is 17.0. The highest BCUT2D eigenvalue weighted by molar-refractivity contribution is 5.62. The monoisotopic (exact) mass is 473 g/mol. The van der Waals surface area contributed by atoms with Crippen molar-refractivity contribution in [3.63, 3.8) is 0 Å². The Balaban J connectivity index is 1.40. The van der Waals surface area contributed by atoms with Crippen LogP contribution in [0.4, 0.5) is 17.5 Å². The lowest BCUT2D eigenvalue weighted by Gasteiger charge is -2.35. The Bertz CT molecular complexity index is 1370. The quantitative estimate of drug-likeness (QED) is 0.445. The molecule has 1 unspecified atom stereocenters. The number of fused-ring (bicyclic) bond motifs is 1. The lowest BCUT2D eigenvalue weighted by molar-refractivity contribution is 0.264. The number of methoxy groups -OCH3 is 2. The highest BCUT2D eigenvalue weighted by Crippen LogP contribution is 2.38. The van der Waals surface area contributed by atoms with Crippen LogP contribution in [0.5, 0.6) is 17.2 Å². The van der Waals surface area contributed by atoms with E-state index in [2.05, 4.69) is 38.2 Å². The maximum atomic E-state index is 6.01. The maximum absolute atomic E-state index is 6.01. The van der Waals surface area contributed by atoms with Crippen LogP contribution >= 0.6 is 0 Å². The lowest BCUT2D eigenvalue weighted by Crippen LogP contribution is -2.34. The number of aryl methyl sites for hydroxylation is 2. The van der Waals surface area contributed by atoms with Gasteiger partial charge in [-0.15, -0.1) is 0 Å². The van der Waals surface area contributed by atoms with Crippen molar-refractivity contribution in [2.24, 2.45) is 0 Å². The molecule has 180 valence electrons. The van der Waals surface area contributed by atoms with Crippen LogP contribution < -0.4 is 24.4 Å². The summed E-state index contributed by atoms with van der Waals surface area (Å²) in [6.45, 7) is 4.50. The predicted octanol–water partition coefficient (Wildman–Crippen LogP) is 4.00. The largest absolute Gasteiger partial charge is 0.497 e. The standard InChI is InChI=1S/C25H27N7O3/c1-15-8-18(33-4)6-7-19(15)20-13-35-22-11-27-25(30-24(22)31(20)3)29-17-9-21(34-5)23(26-10-17)32-12-16(2)28-14-32/h6-12,14,20H,13H2,1-5H3,(H,27,29,30). The van der Waals surface area contributed by atoms with Crippen molar-refractivity contribution in [1.29, 1.82) is 0 Å². The van der Waals surface area contributed by atoms with Gasteiger partial charge in [0.2, 0.25) is 5.95 Å². The molecule has 0 radical (unpaired) electrons. The van der Waals surface area contributed by atoms with Gasteiger partial charge in [0.1, 0.15) is 18.7 Å². The molecule has 0 bridgehead atoms. The van der Waals surface area contributed by atoms with Crippen molar-refractivity contribution in [2.45, 2.75) is 19.9 Å². The van der Waals surface area contributed by atoms with Gasteiger partial charge in [-0.05, 0) is 37.1 Å². The van der Waals surface area contributed by atoms with Crippen LogP contribution in [0, 0.1) is 13.8 Å². The van der Waals surface area contributed by atoms with Crippen molar-refractivity contribution in [2.75, 3.05) is 38.1 Å². The van der Waals surface area contributed by atoms with E-state index < -0.39 is 0 Å². The van der Waals surface area contributed by atoms with E-state index in [1.807, 2.05) is 42.9 Å². The van der Waals surface area contributed by atoms with E-state index in [-0.39, 0.29) is 6.04 Å². The van der Waals surface area contributed by atoms with Crippen LogP contribution in [0.2, 0.25) is 0 Å². The zero-order valence-electron chi connectivity index (χ0n) is 20.3. The van der Waals surface area contributed by atoms with Gasteiger partial charge in [-0.2, -0.15) is 4.98 Å². The number of hydrogen-bond donors (Lipinski definition) is 1. The van der Waals surface area contributed by atoms with Crippen molar-refractivity contribution >= 4 is 17.5 Å². The van der Waals surface area contributed by atoms with E-state index in [0.717, 1.165) is 22.6 Å². The van der Waals surface area contributed by atoms with Gasteiger partial charge < -0.3 is 24.4 Å². The minimum atomic E-state index is 0.0100. The summed E-state index contributed by atoms with van der Waals surface area (Å²) in [6, 6.07) is 7.93. The van der Waals surface area contributed by atoms with E-state index >= 15 is 0 Å². The molecule has 0 aliphatic carbocycles. The van der Waals surface area contributed by atoms with Crippen LogP contribution in [0.15, 0.2) is 49.2 Å². The molecule has 3 aromatic heterocycles. The molecule has 1 aliphatic heterocycles. The molecule has 1 aromatic carbocycles. The molecule has 10 nitrogen and oxygen atoms in total. The third kappa shape index (κ3) is 4.30. The van der Waals surface area contributed by atoms with Crippen LogP contribution in [0.25, 0.3) is 5.82 Å². The number of hydrogen-bond acceptors (Lipinski definition) is 9. The highest BCUT2D eigenvalue weighted by atomic mass is 16.5. The van der Waals surface area contributed by atoms with E-state index in [1.165, 1.54) is 0 Å². The number of anilines is 3. The lowest BCUT2D eigenvalue weighted by atomic mass is 9.99. The average Bonchev–Trinajstić information content (AvgIpc) is 3.30. The SMILES string of the molecule is COc1ccc(C2COc3cnc(Nc4cnc(-n5cnc(C)c5)c(OC)c4)nc3N2C)c(C)c1. The summed E-state index contributed by atoms with van der Waals surface area (Å²) < 4.78 is 18.7. The summed E-state index contributed by atoms with van der Waals surface area (Å²) in [5.74, 6) is 3.86. The Kier molecular flexibility index (Phi) is 5.86. The molecule has 0 saturated heterocycles. The Labute approximate surface area is 203 Å². The minimum Gasteiger partial charge on any atom is -0.497 e. The number of imidazole rings is 1. The van der Waals surface area contributed by atoms with Gasteiger partial charge in [-0.25, -0.2) is 15.0 Å². The van der Waals surface area contributed by atoms with Crippen molar-refractivity contribution in [3.05, 3.63) is 66.0 Å². The van der Waals surface area contributed by atoms with Crippen molar-refractivity contribution < 1.29 is 14.2 Å². The number of likely N-dealkylation sites (N-methyl/N-ethyl adjacent to an activating group) is 1. The molecule has 1 N–H and O–H groups in total. The predicted molar refractivity (Wildman–Crippen MR) is 132 cm³/mol. The molecule has 4 heterocycles. The fraction of sp³-hybridized carbons (Fsp3) is 0.280. The number of nitrogens with one attached hydrogen (secondary N) is 1. The van der Waals surface area contributed by atoms with E-state index in [0.29, 0.717) is 41.4 Å². The second kappa shape index (κ2) is 9.13. The zero-order chi connectivity index (χ0) is 24.5. The average molecular weight is 474 g/mol. The summed E-state index contributed by atoms with van der Waals surface area (Å²) in [5.41, 5.74) is 3.88. The van der Waals surface area contributed by atoms with E-state index in [1.54, 1.807) is 32.9 Å². The third-order valence-electron chi connectivity index (χ3n) is 6.04. The van der Waals surface area contributed by atoms with Gasteiger partial charge in [0.25, 0.3) is 0 Å². The minimum absolute atomic E-state index is 0.0100. The zero-order valence-corrected chi connectivity index (χ0v) is 20.3. The van der Waals surface area contributed by atoms with Gasteiger partial charge in [0.15, 0.2) is 23.1 Å². The molecule has 0 saturated carbocycles. The molecule has 35 heavy (non-hydrogen) atoms. The first-order valence-electron chi connectivity index (χ1n) is 11.2. The second-order valence-corrected chi connectivity index (χ2v) is 8.34. The molecule has 5 rings (SSSR count). The fourth-order valence-electron chi connectivity index (χ4n) is 4.17. The summed E-state index contributed by atoms with van der Waals surface area (Å²) in [4.78, 5) is 20.1. The number of rotatable bonds is 6. The third-order valence-corrected chi connectivity index (χ3v) is 6.04. The molecule has 0 amide bonds. The van der Waals surface area contributed by atoms with Gasteiger partial charge in [-0.3, -0.25) is 4.57 Å². The molecule has 1 aliphatic rings. The van der Waals surface area contributed by atoms with Crippen LogP contribution in [-0.4, -0.2) is 52.4 Å². The van der Waals surface area contributed by atoms with Crippen molar-refractivity contribution in [1.82, 2.24) is 24.5 Å². The van der Waals surface area contributed by atoms with Gasteiger partial charge in [0, 0.05) is 19.3 Å². The highest BCUT2D eigenvalue weighted by Gasteiger charge is 2.29. The number of aromatic nitrogens is 5. The Morgan fingerprint density at radius 1 is 1.03 bits per heavy atom. The smallest absolute Gasteiger partial charge is 0.229 e. The van der Waals surface area contributed by atoms with Crippen molar-refractivity contribution in [3.8, 4) is 23.1 Å². The van der Waals surface area contributed by atoms with E-state index in [4.69, 9.17) is 19.2 Å². The number of benzene rings is 1. The first kappa shape index (κ1) is 22.5.